The van der Waals surface area contributed by atoms with Crippen molar-refractivity contribution in [3.05, 3.63) is 47.0 Å². The van der Waals surface area contributed by atoms with Crippen molar-refractivity contribution in [2.24, 2.45) is 0 Å². The fraction of sp³-hybridized carbons (Fsp3) is 0.417. The molecule has 208 valence electrons. The van der Waals surface area contributed by atoms with Gasteiger partial charge in [0.1, 0.15) is 0 Å². The fourth-order valence-electron chi connectivity index (χ4n) is 3.03. The molecule has 0 nitrogen and oxygen atoms in total. The van der Waals surface area contributed by atoms with Gasteiger partial charge in [0.25, 0.3) is 0 Å². The van der Waals surface area contributed by atoms with Crippen molar-refractivity contribution in [1.29, 1.82) is 0 Å². The number of benzene rings is 2. The molecular formula is C24H14F14. The largest absolute Gasteiger partial charge is 0.461 e. The predicted octanol–water partition coefficient (Wildman–Crippen LogP) is 8.51. The van der Waals surface area contributed by atoms with Crippen LogP contribution in [0.4, 0.5) is 61.5 Å². The molecule has 0 unspecified atom stereocenters. The molecule has 0 spiro atoms. The molecule has 0 aliphatic carbocycles. The maximum absolute atomic E-state index is 13.8. The second-order valence-corrected chi connectivity index (χ2v) is 8.93. The van der Waals surface area contributed by atoms with Crippen LogP contribution in [-0.4, -0.2) is 36.0 Å². The van der Waals surface area contributed by atoms with Gasteiger partial charge in [-0.3, -0.25) is 0 Å². The van der Waals surface area contributed by atoms with Crippen LogP contribution in [-0.2, 0) is 5.41 Å². The van der Waals surface area contributed by atoms with Crippen LogP contribution >= 0.6 is 0 Å². The smallest absolute Gasteiger partial charge is 0.188 e. The highest BCUT2D eigenvalue weighted by atomic mass is 19.4. The van der Waals surface area contributed by atoms with Crippen LogP contribution < -0.4 is 0 Å². The van der Waals surface area contributed by atoms with Gasteiger partial charge in [-0.25, -0.2) is 0 Å². The van der Waals surface area contributed by atoms with Gasteiger partial charge in [0.05, 0.1) is 0 Å². The minimum atomic E-state index is -6.66. The Morgan fingerprint density at radius 2 is 0.974 bits per heavy atom. The molecule has 2 aromatic carbocycles. The summed E-state index contributed by atoms with van der Waals surface area (Å²) < 4.78 is 182. The molecular weight excluding hydrogens is 554 g/mol. The maximum Gasteiger partial charge on any atom is 0.461 e. The first-order valence-corrected chi connectivity index (χ1v) is 10.1. The van der Waals surface area contributed by atoms with Gasteiger partial charge in [-0.15, -0.1) is 0 Å². The van der Waals surface area contributed by atoms with Crippen LogP contribution in [0.2, 0.25) is 0 Å². The Morgan fingerprint density at radius 1 is 0.526 bits per heavy atom. The third-order valence-electron chi connectivity index (χ3n) is 5.07. The number of hydrogen-bond donors (Lipinski definition) is 0. The molecule has 0 atom stereocenters. The molecule has 0 heterocycles. The van der Waals surface area contributed by atoms with E-state index in [4.69, 9.17) is 0 Å². The summed E-state index contributed by atoms with van der Waals surface area (Å²) in [6.07, 6.45) is -13.3. The van der Waals surface area contributed by atoms with Crippen LogP contribution in [0.5, 0.6) is 0 Å². The lowest BCUT2D eigenvalue weighted by Crippen LogP contribution is -2.51. The Morgan fingerprint density at radius 3 is 1.39 bits per heavy atom. The summed E-state index contributed by atoms with van der Waals surface area (Å²) in [6.45, 7) is 4.43. The van der Waals surface area contributed by atoms with Crippen LogP contribution in [0, 0.1) is 23.7 Å². The zero-order valence-electron chi connectivity index (χ0n) is 19.2. The first-order valence-electron chi connectivity index (χ1n) is 10.1. The topological polar surface area (TPSA) is 0 Å². The first-order chi connectivity index (χ1) is 16.8. The minimum Gasteiger partial charge on any atom is -0.188 e. The zero-order valence-corrected chi connectivity index (χ0v) is 19.2. The Bertz CT molecular complexity index is 1330. The van der Waals surface area contributed by atoms with Crippen LogP contribution in [0.1, 0.15) is 37.5 Å². The maximum atomic E-state index is 13.8. The lowest BCUT2D eigenvalue weighted by Gasteiger charge is -2.25. The van der Waals surface area contributed by atoms with E-state index >= 15 is 0 Å². The number of alkyl halides is 14. The van der Waals surface area contributed by atoms with E-state index in [1.54, 1.807) is 5.92 Å². The Balaban J connectivity index is 2.83. The standard InChI is InChI=1S/C24H14F14/c1-18(2,3)17-8-7-14-13(9-11-19(25,26)21(29,30)23(33,34)35)5-4-6-15(14)16(17)10-12-20(27,28)22(31,32)24(36,37)38/h4-8H,1-3H3. The van der Waals surface area contributed by atoms with Gasteiger partial charge in [-0.2, -0.15) is 61.5 Å². The molecule has 0 aromatic heterocycles. The Labute approximate surface area is 206 Å². The van der Waals surface area contributed by atoms with Crippen molar-refractivity contribution < 1.29 is 61.5 Å². The molecule has 0 aliphatic heterocycles. The highest BCUT2D eigenvalue weighted by Crippen LogP contribution is 2.47. The van der Waals surface area contributed by atoms with E-state index in [0.717, 1.165) is 30.3 Å². The number of halogens is 14. The van der Waals surface area contributed by atoms with Crippen molar-refractivity contribution in [2.75, 3.05) is 0 Å². The fourth-order valence-corrected chi connectivity index (χ4v) is 3.03. The van der Waals surface area contributed by atoms with Crippen molar-refractivity contribution in [1.82, 2.24) is 0 Å². The van der Waals surface area contributed by atoms with Crippen LogP contribution in [0.15, 0.2) is 30.3 Å². The average Bonchev–Trinajstić information content (AvgIpc) is 2.73. The molecule has 0 saturated carbocycles. The average molecular weight is 568 g/mol. The van der Waals surface area contributed by atoms with Crippen LogP contribution in [0.3, 0.4) is 0 Å². The van der Waals surface area contributed by atoms with E-state index in [-0.39, 0.29) is 16.3 Å². The van der Waals surface area contributed by atoms with Crippen molar-refractivity contribution in [3.8, 4) is 23.7 Å². The third kappa shape index (κ3) is 5.49. The van der Waals surface area contributed by atoms with Gasteiger partial charge in [-0.05, 0) is 39.7 Å². The van der Waals surface area contributed by atoms with Gasteiger partial charge in [0.15, 0.2) is 0 Å². The van der Waals surface area contributed by atoms with Crippen molar-refractivity contribution in [3.63, 3.8) is 0 Å². The predicted molar refractivity (Wildman–Crippen MR) is 108 cm³/mol. The molecule has 38 heavy (non-hydrogen) atoms. The van der Waals surface area contributed by atoms with Crippen molar-refractivity contribution in [2.45, 2.75) is 62.2 Å². The quantitative estimate of drug-likeness (QED) is 0.252. The van der Waals surface area contributed by atoms with Crippen molar-refractivity contribution >= 4 is 10.8 Å². The van der Waals surface area contributed by atoms with Gasteiger partial charge in [-0.1, -0.05) is 56.9 Å². The van der Waals surface area contributed by atoms with E-state index in [2.05, 4.69) is 0 Å². The summed E-state index contributed by atoms with van der Waals surface area (Å²) in [5, 5.41) is -0.636. The normalized spacial score (nSPS) is 14.0. The van der Waals surface area contributed by atoms with E-state index < -0.39 is 52.6 Å². The molecule has 0 saturated heterocycles. The second-order valence-electron chi connectivity index (χ2n) is 8.93. The summed E-state index contributed by atoms with van der Waals surface area (Å²) in [7, 11) is 0. The lowest BCUT2D eigenvalue weighted by molar-refractivity contribution is -0.339. The molecule has 0 fully saturated rings. The molecule has 0 N–H and O–H groups in total. The molecule has 0 aliphatic rings. The highest BCUT2D eigenvalue weighted by Gasteiger charge is 2.73. The molecule has 0 bridgehead atoms. The molecule has 0 amide bonds. The summed E-state index contributed by atoms with van der Waals surface area (Å²) in [5.74, 6) is -20.7. The van der Waals surface area contributed by atoms with Gasteiger partial charge in [0.2, 0.25) is 0 Å². The van der Waals surface area contributed by atoms with Gasteiger partial charge < -0.3 is 0 Å². The van der Waals surface area contributed by atoms with E-state index in [9.17, 15) is 61.5 Å². The highest BCUT2D eigenvalue weighted by molar-refractivity contribution is 5.94. The number of fused-ring (bicyclic) bond motifs is 1. The molecule has 2 aromatic rings. The Hall–Kier alpha value is -3.16. The summed E-state index contributed by atoms with van der Waals surface area (Å²) in [6, 6.07) is 5.12. The molecule has 2 rings (SSSR count). The summed E-state index contributed by atoms with van der Waals surface area (Å²) in [5.41, 5.74) is -2.16. The lowest BCUT2D eigenvalue weighted by atomic mass is 9.81. The monoisotopic (exact) mass is 568 g/mol. The summed E-state index contributed by atoms with van der Waals surface area (Å²) >= 11 is 0. The van der Waals surface area contributed by atoms with E-state index in [1.807, 2.05) is 0 Å². The molecule has 0 radical (unpaired) electrons. The Kier molecular flexibility index (Phi) is 7.55. The third-order valence-corrected chi connectivity index (χ3v) is 5.07. The van der Waals surface area contributed by atoms with Gasteiger partial charge >= 0.3 is 36.0 Å². The van der Waals surface area contributed by atoms with E-state index in [0.29, 0.717) is 11.8 Å². The minimum absolute atomic E-state index is 0.0164. The van der Waals surface area contributed by atoms with Crippen LogP contribution in [0.25, 0.3) is 10.8 Å². The first kappa shape index (κ1) is 31.1. The summed E-state index contributed by atoms with van der Waals surface area (Å²) in [4.78, 5) is 0. The number of rotatable bonds is 2. The molecule has 14 heteroatoms. The van der Waals surface area contributed by atoms with Gasteiger partial charge in [0, 0.05) is 11.1 Å². The van der Waals surface area contributed by atoms with E-state index in [1.165, 1.54) is 26.7 Å². The number of hydrogen-bond acceptors (Lipinski definition) is 0. The second kappa shape index (κ2) is 9.24. The SMILES string of the molecule is CC(C)(C)c1ccc2c(C#CC(F)(F)C(F)(F)C(F)(F)F)cccc2c1C#CC(F)(F)C(F)(F)C(F)(F)F. The zero-order chi connectivity index (χ0) is 29.8.